The van der Waals surface area contributed by atoms with E-state index in [2.05, 4.69) is 24.4 Å². The molecule has 128 valence electrons. The normalized spacial score (nSPS) is 13.0. The van der Waals surface area contributed by atoms with Gasteiger partial charge in [-0.1, -0.05) is 44.2 Å². The fourth-order valence-corrected chi connectivity index (χ4v) is 2.41. The van der Waals surface area contributed by atoms with Crippen molar-refractivity contribution in [3.8, 4) is 11.5 Å². The predicted octanol–water partition coefficient (Wildman–Crippen LogP) is 3.77. The second-order valence-corrected chi connectivity index (χ2v) is 5.75. The highest BCUT2D eigenvalue weighted by Gasteiger charge is 2.19. The number of carbonyl (C=O) groups excluding carboxylic acids is 1. The Morgan fingerprint density at radius 2 is 1.67 bits per heavy atom. The molecule has 0 aromatic heterocycles. The Morgan fingerprint density at radius 3 is 2.25 bits per heavy atom. The summed E-state index contributed by atoms with van der Waals surface area (Å²) in [6.45, 7) is 4.63. The number of benzene rings is 2. The lowest BCUT2D eigenvalue weighted by Crippen LogP contribution is -2.39. The lowest BCUT2D eigenvalue weighted by Gasteiger charge is -2.19. The zero-order valence-corrected chi connectivity index (χ0v) is 14.5. The third-order valence-electron chi connectivity index (χ3n) is 3.95. The van der Waals surface area contributed by atoms with Gasteiger partial charge in [-0.05, 0) is 42.2 Å². The molecule has 0 aliphatic carbocycles. The molecular weight excluding hydrogens is 302 g/mol. The molecule has 0 saturated heterocycles. The van der Waals surface area contributed by atoms with Crippen molar-refractivity contribution in [2.24, 2.45) is 0 Å². The number of rotatable bonds is 8. The average molecular weight is 327 g/mol. The van der Waals surface area contributed by atoms with Crippen LogP contribution in [0.4, 0.5) is 0 Å². The molecule has 0 heterocycles. The summed E-state index contributed by atoms with van der Waals surface area (Å²) in [5.74, 6) is 1.59. The highest BCUT2D eigenvalue weighted by atomic mass is 16.5. The standard InChI is InChI=1S/C20H25NO3/c1-4-19(24-18-12-10-17(23-3)11-13-18)20(22)21-14-15(2)16-8-6-5-7-9-16/h5-13,15,19H,4,14H2,1-3H3,(H,21,22). The summed E-state index contributed by atoms with van der Waals surface area (Å²) >= 11 is 0. The first kappa shape index (κ1) is 17.9. The van der Waals surface area contributed by atoms with Gasteiger partial charge < -0.3 is 14.8 Å². The van der Waals surface area contributed by atoms with E-state index < -0.39 is 6.10 Å². The Hall–Kier alpha value is -2.49. The van der Waals surface area contributed by atoms with Gasteiger partial charge in [-0.15, -0.1) is 0 Å². The first-order chi connectivity index (χ1) is 11.6. The van der Waals surface area contributed by atoms with Gasteiger partial charge in [-0.3, -0.25) is 4.79 Å². The van der Waals surface area contributed by atoms with Crippen LogP contribution in [0.2, 0.25) is 0 Å². The zero-order valence-electron chi connectivity index (χ0n) is 14.5. The minimum Gasteiger partial charge on any atom is -0.497 e. The van der Waals surface area contributed by atoms with E-state index in [0.29, 0.717) is 18.7 Å². The molecule has 0 saturated carbocycles. The van der Waals surface area contributed by atoms with Crippen LogP contribution in [0.5, 0.6) is 11.5 Å². The molecule has 0 spiro atoms. The van der Waals surface area contributed by atoms with E-state index in [0.717, 1.165) is 5.75 Å². The molecule has 4 nitrogen and oxygen atoms in total. The molecule has 0 fully saturated rings. The van der Waals surface area contributed by atoms with Crippen molar-refractivity contribution in [1.82, 2.24) is 5.32 Å². The van der Waals surface area contributed by atoms with Crippen molar-refractivity contribution in [2.75, 3.05) is 13.7 Å². The second-order valence-electron chi connectivity index (χ2n) is 5.75. The first-order valence-electron chi connectivity index (χ1n) is 8.27. The lowest BCUT2D eigenvalue weighted by atomic mass is 10.0. The molecule has 1 N–H and O–H groups in total. The summed E-state index contributed by atoms with van der Waals surface area (Å²) < 4.78 is 10.9. The van der Waals surface area contributed by atoms with Crippen molar-refractivity contribution in [2.45, 2.75) is 32.3 Å². The number of amides is 1. The summed E-state index contributed by atoms with van der Waals surface area (Å²) in [5, 5.41) is 2.99. The van der Waals surface area contributed by atoms with Crippen LogP contribution < -0.4 is 14.8 Å². The quantitative estimate of drug-likeness (QED) is 0.803. The van der Waals surface area contributed by atoms with Gasteiger partial charge in [0.25, 0.3) is 5.91 Å². The molecule has 0 bridgehead atoms. The van der Waals surface area contributed by atoms with Crippen LogP contribution in [0.1, 0.15) is 31.7 Å². The number of methoxy groups -OCH3 is 1. The summed E-state index contributed by atoms with van der Waals surface area (Å²) in [6, 6.07) is 17.4. The Balaban J connectivity index is 1.88. The number of nitrogens with one attached hydrogen (secondary N) is 1. The van der Waals surface area contributed by atoms with E-state index >= 15 is 0 Å². The van der Waals surface area contributed by atoms with Crippen molar-refractivity contribution in [3.05, 3.63) is 60.2 Å². The molecule has 2 atom stereocenters. The van der Waals surface area contributed by atoms with Crippen molar-refractivity contribution < 1.29 is 14.3 Å². The Morgan fingerprint density at radius 1 is 1.04 bits per heavy atom. The fourth-order valence-electron chi connectivity index (χ4n) is 2.41. The van der Waals surface area contributed by atoms with E-state index in [9.17, 15) is 4.79 Å². The fraction of sp³-hybridized carbons (Fsp3) is 0.350. The maximum absolute atomic E-state index is 12.4. The zero-order chi connectivity index (χ0) is 17.4. The highest BCUT2D eigenvalue weighted by Crippen LogP contribution is 2.19. The Kier molecular flexibility index (Phi) is 6.67. The van der Waals surface area contributed by atoms with Gasteiger partial charge in [0.2, 0.25) is 0 Å². The maximum atomic E-state index is 12.4. The van der Waals surface area contributed by atoms with E-state index in [1.54, 1.807) is 19.2 Å². The SMILES string of the molecule is CCC(Oc1ccc(OC)cc1)C(=O)NCC(C)c1ccccc1. The topological polar surface area (TPSA) is 47.6 Å². The first-order valence-corrected chi connectivity index (χ1v) is 8.27. The van der Waals surface area contributed by atoms with Gasteiger partial charge in [0, 0.05) is 6.54 Å². The molecule has 0 radical (unpaired) electrons. The molecule has 2 unspecified atom stereocenters. The molecule has 1 amide bonds. The minimum atomic E-state index is -0.499. The van der Waals surface area contributed by atoms with Crippen molar-refractivity contribution in [1.29, 1.82) is 0 Å². The third kappa shape index (κ3) is 5.01. The van der Waals surface area contributed by atoms with Gasteiger partial charge in [0.05, 0.1) is 7.11 Å². The van der Waals surface area contributed by atoms with Crippen LogP contribution >= 0.6 is 0 Å². The monoisotopic (exact) mass is 327 g/mol. The van der Waals surface area contributed by atoms with Crippen LogP contribution in [0.25, 0.3) is 0 Å². The summed E-state index contributed by atoms with van der Waals surface area (Å²) in [5.41, 5.74) is 1.21. The van der Waals surface area contributed by atoms with Crippen LogP contribution in [0.3, 0.4) is 0 Å². The minimum absolute atomic E-state index is 0.0869. The van der Waals surface area contributed by atoms with Gasteiger partial charge in [0.1, 0.15) is 11.5 Å². The van der Waals surface area contributed by atoms with Gasteiger partial charge >= 0.3 is 0 Å². The predicted molar refractivity (Wildman–Crippen MR) is 95.6 cm³/mol. The number of ether oxygens (including phenoxy) is 2. The molecular formula is C20H25NO3. The van der Waals surface area contributed by atoms with E-state index in [1.807, 2.05) is 37.3 Å². The van der Waals surface area contributed by atoms with Gasteiger partial charge in [-0.2, -0.15) is 0 Å². The second kappa shape index (κ2) is 8.96. The summed E-state index contributed by atoms with van der Waals surface area (Å²) in [4.78, 5) is 12.4. The molecule has 2 aromatic carbocycles. The van der Waals surface area contributed by atoms with Crippen LogP contribution in [-0.4, -0.2) is 25.7 Å². The smallest absolute Gasteiger partial charge is 0.261 e. The lowest BCUT2D eigenvalue weighted by molar-refractivity contribution is -0.128. The Labute approximate surface area is 143 Å². The number of hydrogen-bond acceptors (Lipinski definition) is 3. The average Bonchev–Trinajstić information content (AvgIpc) is 2.65. The number of hydrogen-bond donors (Lipinski definition) is 1. The largest absolute Gasteiger partial charge is 0.497 e. The highest BCUT2D eigenvalue weighted by molar-refractivity contribution is 5.81. The van der Waals surface area contributed by atoms with Crippen LogP contribution in [0.15, 0.2) is 54.6 Å². The molecule has 2 aromatic rings. The van der Waals surface area contributed by atoms with Crippen molar-refractivity contribution in [3.63, 3.8) is 0 Å². The summed E-state index contributed by atoms with van der Waals surface area (Å²) in [7, 11) is 1.62. The van der Waals surface area contributed by atoms with Gasteiger partial charge in [-0.25, -0.2) is 0 Å². The van der Waals surface area contributed by atoms with Crippen LogP contribution in [-0.2, 0) is 4.79 Å². The van der Waals surface area contributed by atoms with Gasteiger partial charge in [0.15, 0.2) is 6.10 Å². The third-order valence-corrected chi connectivity index (χ3v) is 3.95. The van der Waals surface area contributed by atoms with Crippen LogP contribution in [0, 0.1) is 0 Å². The Bertz CT molecular complexity index is 625. The number of carbonyl (C=O) groups is 1. The molecule has 0 aliphatic heterocycles. The van der Waals surface area contributed by atoms with E-state index in [1.165, 1.54) is 5.56 Å². The van der Waals surface area contributed by atoms with E-state index in [4.69, 9.17) is 9.47 Å². The molecule has 4 heteroatoms. The summed E-state index contributed by atoms with van der Waals surface area (Å²) in [6.07, 6.45) is 0.110. The maximum Gasteiger partial charge on any atom is 0.261 e. The molecule has 2 rings (SSSR count). The molecule has 24 heavy (non-hydrogen) atoms. The van der Waals surface area contributed by atoms with Crippen molar-refractivity contribution >= 4 is 5.91 Å². The molecule has 0 aliphatic rings. The van der Waals surface area contributed by atoms with E-state index in [-0.39, 0.29) is 11.8 Å².